The van der Waals surface area contributed by atoms with E-state index in [1.165, 1.54) is 11.1 Å². The minimum absolute atomic E-state index is 0.671. The standard InChI is InChI=1S/C17H21BrN4/c1-13-5-4-10-20-16(13)11-21-17(19-2)22(3)12-14-6-8-15(18)9-7-14/h4-10H,11-12H2,1-3H3,(H,19,21). The van der Waals surface area contributed by atoms with Gasteiger partial charge in [-0.3, -0.25) is 9.98 Å². The molecule has 0 aliphatic carbocycles. The lowest BCUT2D eigenvalue weighted by atomic mass is 10.2. The van der Waals surface area contributed by atoms with Gasteiger partial charge in [0, 0.05) is 31.3 Å². The fourth-order valence-corrected chi connectivity index (χ4v) is 2.45. The van der Waals surface area contributed by atoms with E-state index in [1.807, 2.05) is 19.3 Å². The lowest BCUT2D eigenvalue weighted by molar-refractivity contribution is 0.476. The van der Waals surface area contributed by atoms with Crippen LogP contribution in [0.15, 0.2) is 52.1 Å². The largest absolute Gasteiger partial charge is 0.351 e. The molecular weight excluding hydrogens is 340 g/mol. The number of halogens is 1. The van der Waals surface area contributed by atoms with Crippen LogP contribution < -0.4 is 5.32 Å². The van der Waals surface area contributed by atoms with Crippen LogP contribution in [0.4, 0.5) is 0 Å². The summed E-state index contributed by atoms with van der Waals surface area (Å²) in [5.74, 6) is 0.855. The van der Waals surface area contributed by atoms with Crippen molar-refractivity contribution < 1.29 is 0 Å². The van der Waals surface area contributed by atoms with Gasteiger partial charge in [0.25, 0.3) is 0 Å². The first-order chi connectivity index (χ1) is 10.6. The third-order valence-electron chi connectivity index (χ3n) is 3.44. The van der Waals surface area contributed by atoms with Crippen molar-refractivity contribution in [3.05, 3.63) is 63.9 Å². The number of nitrogens with one attached hydrogen (secondary N) is 1. The molecule has 4 nitrogen and oxygen atoms in total. The van der Waals surface area contributed by atoms with Gasteiger partial charge in [0.05, 0.1) is 12.2 Å². The van der Waals surface area contributed by atoms with Crippen molar-refractivity contribution in [2.45, 2.75) is 20.0 Å². The Labute approximate surface area is 140 Å². The molecule has 22 heavy (non-hydrogen) atoms. The second-order valence-corrected chi connectivity index (χ2v) is 6.07. The molecule has 2 aromatic rings. The summed E-state index contributed by atoms with van der Waals surface area (Å²) in [5.41, 5.74) is 3.46. The fourth-order valence-electron chi connectivity index (χ4n) is 2.19. The zero-order valence-electron chi connectivity index (χ0n) is 13.2. The van der Waals surface area contributed by atoms with Gasteiger partial charge in [0.2, 0.25) is 0 Å². The molecular formula is C17H21BrN4. The van der Waals surface area contributed by atoms with Crippen molar-refractivity contribution in [2.24, 2.45) is 4.99 Å². The summed E-state index contributed by atoms with van der Waals surface area (Å²) in [6.45, 7) is 3.54. The van der Waals surface area contributed by atoms with Crippen LogP contribution >= 0.6 is 15.9 Å². The predicted molar refractivity (Wildman–Crippen MR) is 94.8 cm³/mol. The summed E-state index contributed by atoms with van der Waals surface area (Å²) in [7, 11) is 3.83. The van der Waals surface area contributed by atoms with Gasteiger partial charge in [-0.25, -0.2) is 0 Å². The molecule has 1 heterocycles. The maximum absolute atomic E-state index is 4.40. The molecule has 0 amide bonds. The quantitative estimate of drug-likeness (QED) is 0.671. The molecule has 116 valence electrons. The minimum Gasteiger partial charge on any atom is -0.351 e. The van der Waals surface area contributed by atoms with Crippen molar-refractivity contribution in [1.82, 2.24) is 15.2 Å². The summed E-state index contributed by atoms with van der Waals surface area (Å²) >= 11 is 3.46. The molecule has 0 aliphatic rings. The molecule has 0 atom stereocenters. The minimum atomic E-state index is 0.671. The average Bonchev–Trinajstić information content (AvgIpc) is 2.52. The van der Waals surface area contributed by atoms with Gasteiger partial charge in [-0.1, -0.05) is 34.1 Å². The van der Waals surface area contributed by atoms with E-state index in [9.17, 15) is 0 Å². The van der Waals surface area contributed by atoms with Crippen molar-refractivity contribution in [1.29, 1.82) is 0 Å². The number of guanidine groups is 1. The second kappa shape index (κ2) is 7.94. The SMILES string of the molecule is CN=C(NCc1ncccc1C)N(C)Cc1ccc(Br)cc1. The Morgan fingerprint density at radius 2 is 2.00 bits per heavy atom. The van der Waals surface area contributed by atoms with Crippen molar-refractivity contribution in [3.8, 4) is 0 Å². The van der Waals surface area contributed by atoms with Crippen LogP contribution in [-0.2, 0) is 13.1 Å². The van der Waals surface area contributed by atoms with Gasteiger partial charge in [-0.2, -0.15) is 0 Å². The Balaban J connectivity index is 1.96. The maximum atomic E-state index is 4.40. The van der Waals surface area contributed by atoms with Crippen LogP contribution in [0.3, 0.4) is 0 Å². The number of aryl methyl sites for hydroxylation is 1. The van der Waals surface area contributed by atoms with Gasteiger partial charge in [0.15, 0.2) is 5.96 Å². The number of rotatable bonds is 4. The first-order valence-corrected chi connectivity index (χ1v) is 7.96. The lowest BCUT2D eigenvalue weighted by Gasteiger charge is -2.22. The monoisotopic (exact) mass is 360 g/mol. The Kier molecular flexibility index (Phi) is 5.95. The molecule has 5 heteroatoms. The number of nitrogens with zero attached hydrogens (tertiary/aromatic N) is 3. The van der Waals surface area contributed by atoms with E-state index in [0.717, 1.165) is 22.7 Å². The number of hydrogen-bond acceptors (Lipinski definition) is 2. The van der Waals surface area contributed by atoms with Gasteiger partial charge in [-0.05, 0) is 36.2 Å². The Morgan fingerprint density at radius 1 is 1.27 bits per heavy atom. The maximum Gasteiger partial charge on any atom is 0.194 e. The number of aromatic nitrogens is 1. The van der Waals surface area contributed by atoms with E-state index in [1.54, 1.807) is 7.05 Å². The highest BCUT2D eigenvalue weighted by atomic mass is 79.9. The van der Waals surface area contributed by atoms with Crippen LogP contribution in [0.1, 0.15) is 16.8 Å². The second-order valence-electron chi connectivity index (χ2n) is 5.15. The first kappa shape index (κ1) is 16.5. The molecule has 1 N–H and O–H groups in total. The molecule has 0 bridgehead atoms. The molecule has 0 radical (unpaired) electrons. The van der Waals surface area contributed by atoms with Crippen LogP contribution in [0.2, 0.25) is 0 Å². The average molecular weight is 361 g/mol. The smallest absolute Gasteiger partial charge is 0.194 e. The van der Waals surface area contributed by atoms with E-state index in [2.05, 4.69) is 73.4 Å². The summed E-state index contributed by atoms with van der Waals surface area (Å²) < 4.78 is 1.09. The summed E-state index contributed by atoms with van der Waals surface area (Å²) in [4.78, 5) is 10.8. The molecule has 0 saturated heterocycles. The van der Waals surface area contributed by atoms with Crippen molar-refractivity contribution in [2.75, 3.05) is 14.1 Å². The molecule has 0 saturated carbocycles. The predicted octanol–water partition coefficient (Wildman–Crippen LogP) is 3.36. The molecule has 0 spiro atoms. The van der Waals surface area contributed by atoms with Gasteiger partial charge in [0.1, 0.15) is 0 Å². The zero-order valence-corrected chi connectivity index (χ0v) is 14.8. The van der Waals surface area contributed by atoms with Crippen molar-refractivity contribution in [3.63, 3.8) is 0 Å². The number of pyridine rings is 1. The Morgan fingerprint density at radius 3 is 2.64 bits per heavy atom. The van der Waals surface area contributed by atoms with E-state index in [4.69, 9.17) is 0 Å². The highest BCUT2D eigenvalue weighted by Crippen LogP contribution is 2.12. The molecule has 0 fully saturated rings. The van der Waals surface area contributed by atoms with E-state index >= 15 is 0 Å². The molecule has 1 aromatic heterocycles. The van der Waals surface area contributed by atoms with Gasteiger partial charge in [-0.15, -0.1) is 0 Å². The number of hydrogen-bond donors (Lipinski definition) is 1. The third kappa shape index (κ3) is 4.56. The molecule has 0 unspecified atom stereocenters. The summed E-state index contributed by atoms with van der Waals surface area (Å²) in [5, 5.41) is 3.36. The summed E-state index contributed by atoms with van der Waals surface area (Å²) in [6, 6.07) is 12.3. The van der Waals surface area contributed by atoms with Crippen LogP contribution in [0.5, 0.6) is 0 Å². The molecule has 1 aromatic carbocycles. The van der Waals surface area contributed by atoms with E-state index < -0.39 is 0 Å². The lowest BCUT2D eigenvalue weighted by Crippen LogP contribution is -2.38. The fraction of sp³-hybridized carbons (Fsp3) is 0.294. The Bertz CT molecular complexity index is 637. The zero-order chi connectivity index (χ0) is 15.9. The molecule has 0 aliphatic heterocycles. The van der Waals surface area contributed by atoms with Gasteiger partial charge >= 0.3 is 0 Å². The normalized spacial score (nSPS) is 11.4. The highest BCUT2D eigenvalue weighted by molar-refractivity contribution is 9.10. The first-order valence-electron chi connectivity index (χ1n) is 7.17. The Hall–Kier alpha value is -1.88. The molecule has 2 rings (SSSR count). The van der Waals surface area contributed by atoms with E-state index in [0.29, 0.717) is 6.54 Å². The summed E-state index contributed by atoms with van der Waals surface area (Å²) in [6.07, 6.45) is 1.82. The highest BCUT2D eigenvalue weighted by Gasteiger charge is 2.07. The van der Waals surface area contributed by atoms with E-state index in [-0.39, 0.29) is 0 Å². The topological polar surface area (TPSA) is 40.5 Å². The van der Waals surface area contributed by atoms with Gasteiger partial charge < -0.3 is 10.2 Å². The van der Waals surface area contributed by atoms with Crippen LogP contribution in [0.25, 0.3) is 0 Å². The van der Waals surface area contributed by atoms with Crippen molar-refractivity contribution >= 4 is 21.9 Å². The van der Waals surface area contributed by atoms with Crippen LogP contribution in [-0.4, -0.2) is 29.9 Å². The van der Waals surface area contributed by atoms with Crippen LogP contribution in [0, 0.1) is 6.92 Å². The number of aliphatic imine (C=N–C) groups is 1. The number of benzene rings is 1. The third-order valence-corrected chi connectivity index (χ3v) is 3.97.